The molecule has 0 aliphatic carbocycles. The van der Waals surface area contributed by atoms with Crippen molar-refractivity contribution in [3.05, 3.63) is 23.0 Å². The number of hydrogen-bond acceptors (Lipinski definition) is 3. The first-order valence-corrected chi connectivity index (χ1v) is 4.62. The average Bonchev–Trinajstić information content (AvgIpc) is 2.13. The Kier molecular flexibility index (Phi) is 3.55. The molecule has 0 aromatic rings. The third-order valence-electron chi connectivity index (χ3n) is 2.16. The zero-order valence-electron chi connectivity index (χ0n) is 8.18. The summed E-state index contributed by atoms with van der Waals surface area (Å²) >= 11 is 0. The van der Waals surface area contributed by atoms with Crippen LogP contribution >= 0.6 is 0 Å². The fraction of sp³-hybridized carbons (Fsp3) is 0.500. The number of nitrogens with one attached hydrogen (secondary N) is 2. The molecule has 3 nitrogen and oxygen atoms in total. The van der Waals surface area contributed by atoms with Crippen LogP contribution in [0.5, 0.6) is 0 Å². The molecule has 0 saturated carbocycles. The zero-order chi connectivity index (χ0) is 9.68. The Bertz CT molecular complexity index is 254. The van der Waals surface area contributed by atoms with E-state index >= 15 is 0 Å². The van der Waals surface area contributed by atoms with Crippen molar-refractivity contribution in [1.29, 1.82) is 0 Å². The molecule has 0 fully saturated rings. The van der Waals surface area contributed by atoms with E-state index in [0.717, 1.165) is 25.8 Å². The second kappa shape index (κ2) is 4.70. The summed E-state index contributed by atoms with van der Waals surface area (Å²) in [6.45, 7) is 5.78. The molecule has 72 valence electrons. The van der Waals surface area contributed by atoms with Crippen LogP contribution in [0, 0.1) is 0 Å². The van der Waals surface area contributed by atoms with E-state index in [1.54, 1.807) is 0 Å². The first-order valence-electron chi connectivity index (χ1n) is 4.62. The van der Waals surface area contributed by atoms with Crippen LogP contribution in [-0.2, 0) is 4.79 Å². The van der Waals surface area contributed by atoms with E-state index < -0.39 is 0 Å². The fourth-order valence-corrected chi connectivity index (χ4v) is 1.36. The van der Waals surface area contributed by atoms with E-state index in [2.05, 4.69) is 17.6 Å². The van der Waals surface area contributed by atoms with E-state index in [0.29, 0.717) is 5.70 Å². The molecule has 1 heterocycles. The molecular weight excluding hydrogens is 164 g/mol. The lowest BCUT2D eigenvalue weighted by molar-refractivity contribution is -0.105. The summed E-state index contributed by atoms with van der Waals surface area (Å²) in [5.41, 5.74) is 3.04. The van der Waals surface area contributed by atoms with E-state index in [9.17, 15) is 4.79 Å². The van der Waals surface area contributed by atoms with Crippen molar-refractivity contribution in [2.24, 2.45) is 0 Å². The highest BCUT2D eigenvalue weighted by Crippen LogP contribution is 2.10. The van der Waals surface area contributed by atoms with Crippen LogP contribution in [0.4, 0.5) is 0 Å². The summed E-state index contributed by atoms with van der Waals surface area (Å²) in [6.07, 6.45) is 3.72. The molecule has 0 unspecified atom stereocenters. The van der Waals surface area contributed by atoms with Crippen LogP contribution in [0.25, 0.3) is 0 Å². The molecule has 0 bridgehead atoms. The molecule has 0 amide bonds. The van der Waals surface area contributed by atoms with Crippen LogP contribution in [0.3, 0.4) is 0 Å². The highest BCUT2D eigenvalue weighted by molar-refractivity contribution is 5.73. The molecule has 0 atom stereocenters. The van der Waals surface area contributed by atoms with Gasteiger partial charge in [-0.2, -0.15) is 0 Å². The summed E-state index contributed by atoms with van der Waals surface area (Å²) in [4.78, 5) is 10.6. The average molecular weight is 180 g/mol. The Hall–Kier alpha value is -1.25. The molecule has 3 heteroatoms. The smallest absolute Gasteiger partial charge is 0.165 e. The molecule has 0 saturated heterocycles. The summed E-state index contributed by atoms with van der Waals surface area (Å²) in [7, 11) is 0. The molecule has 0 aromatic heterocycles. The predicted octanol–water partition coefficient (Wildman–Crippen LogP) is 0.946. The van der Waals surface area contributed by atoms with Gasteiger partial charge in [-0.3, -0.25) is 4.79 Å². The van der Waals surface area contributed by atoms with E-state index in [1.807, 2.05) is 13.0 Å². The molecule has 1 aliphatic heterocycles. The van der Waals surface area contributed by atoms with Crippen LogP contribution < -0.4 is 10.6 Å². The van der Waals surface area contributed by atoms with E-state index in [-0.39, 0.29) is 0 Å². The van der Waals surface area contributed by atoms with Gasteiger partial charge in [-0.05, 0) is 25.0 Å². The van der Waals surface area contributed by atoms with E-state index in [1.165, 1.54) is 11.3 Å². The SMILES string of the molecule is CCC1=C(C)NCCNC(C=O)=C1. The summed E-state index contributed by atoms with van der Waals surface area (Å²) in [5.74, 6) is 0. The highest BCUT2D eigenvalue weighted by atomic mass is 16.1. The van der Waals surface area contributed by atoms with Crippen molar-refractivity contribution in [2.45, 2.75) is 20.3 Å². The van der Waals surface area contributed by atoms with Gasteiger partial charge in [0, 0.05) is 18.8 Å². The molecule has 0 radical (unpaired) electrons. The van der Waals surface area contributed by atoms with Crippen molar-refractivity contribution < 1.29 is 4.79 Å². The van der Waals surface area contributed by atoms with Crippen LogP contribution in [0.1, 0.15) is 20.3 Å². The van der Waals surface area contributed by atoms with Gasteiger partial charge in [-0.15, -0.1) is 0 Å². The molecular formula is C10H16N2O. The van der Waals surface area contributed by atoms with E-state index in [4.69, 9.17) is 0 Å². The quantitative estimate of drug-likeness (QED) is 0.621. The van der Waals surface area contributed by atoms with Crippen molar-refractivity contribution in [2.75, 3.05) is 13.1 Å². The minimum atomic E-state index is 0.678. The number of allylic oxidation sites excluding steroid dienone is 4. The summed E-state index contributed by atoms with van der Waals surface area (Å²) in [6, 6.07) is 0. The van der Waals surface area contributed by atoms with Gasteiger partial charge >= 0.3 is 0 Å². The first kappa shape index (κ1) is 9.84. The van der Waals surface area contributed by atoms with Crippen LogP contribution in [0.2, 0.25) is 0 Å². The third kappa shape index (κ3) is 2.61. The Labute approximate surface area is 78.9 Å². The topological polar surface area (TPSA) is 41.1 Å². The minimum Gasteiger partial charge on any atom is -0.387 e. The van der Waals surface area contributed by atoms with Gasteiger partial charge in [0.1, 0.15) is 0 Å². The lowest BCUT2D eigenvalue weighted by atomic mass is 10.1. The fourth-order valence-electron chi connectivity index (χ4n) is 1.36. The maximum Gasteiger partial charge on any atom is 0.165 e. The Balaban J connectivity index is 2.92. The molecule has 0 aromatic carbocycles. The predicted molar refractivity (Wildman–Crippen MR) is 53.1 cm³/mol. The maximum atomic E-state index is 10.6. The number of carbonyl (C=O) groups is 1. The monoisotopic (exact) mass is 180 g/mol. The van der Waals surface area contributed by atoms with Gasteiger partial charge in [-0.1, -0.05) is 6.92 Å². The zero-order valence-corrected chi connectivity index (χ0v) is 8.18. The Morgan fingerprint density at radius 1 is 1.46 bits per heavy atom. The maximum absolute atomic E-state index is 10.6. The number of rotatable bonds is 2. The van der Waals surface area contributed by atoms with Gasteiger partial charge in [0.25, 0.3) is 0 Å². The second-order valence-electron chi connectivity index (χ2n) is 3.07. The Morgan fingerprint density at radius 2 is 2.15 bits per heavy atom. The molecule has 0 spiro atoms. The second-order valence-corrected chi connectivity index (χ2v) is 3.07. The largest absolute Gasteiger partial charge is 0.387 e. The van der Waals surface area contributed by atoms with Crippen molar-refractivity contribution in [1.82, 2.24) is 10.6 Å². The molecule has 2 N–H and O–H groups in total. The molecule has 1 aliphatic rings. The van der Waals surface area contributed by atoms with Crippen molar-refractivity contribution in [3.63, 3.8) is 0 Å². The summed E-state index contributed by atoms with van der Waals surface area (Å²) < 4.78 is 0. The Morgan fingerprint density at radius 3 is 2.77 bits per heavy atom. The van der Waals surface area contributed by atoms with Gasteiger partial charge in [0.2, 0.25) is 0 Å². The number of carbonyl (C=O) groups excluding carboxylic acids is 1. The normalized spacial score (nSPS) is 17.8. The van der Waals surface area contributed by atoms with Gasteiger partial charge in [0.15, 0.2) is 6.29 Å². The van der Waals surface area contributed by atoms with Crippen LogP contribution in [0.15, 0.2) is 23.0 Å². The number of hydrogen-bond donors (Lipinski definition) is 2. The van der Waals surface area contributed by atoms with Gasteiger partial charge < -0.3 is 10.6 Å². The van der Waals surface area contributed by atoms with Gasteiger partial charge in [-0.25, -0.2) is 0 Å². The number of aldehydes is 1. The van der Waals surface area contributed by atoms with Gasteiger partial charge in [0.05, 0.1) is 5.70 Å². The lowest BCUT2D eigenvalue weighted by Gasteiger charge is -2.15. The van der Waals surface area contributed by atoms with Crippen molar-refractivity contribution >= 4 is 6.29 Å². The first-order chi connectivity index (χ1) is 6.27. The summed E-state index contributed by atoms with van der Waals surface area (Å²) in [5, 5.41) is 6.34. The molecule has 1 rings (SSSR count). The highest BCUT2D eigenvalue weighted by Gasteiger charge is 2.03. The standard InChI is InChI=1S/C10H16N2O/c1-3-9-6-10(7-13)12-5-4-11-8(9)2/h6-7,11-12H,3-5H2,1-2H3. The van der Waals surface area contributed by atoms with Crippen molar-refractivity contribution in [3.8, 4) is 0 Å². The minimum absolute atomic E-state index is 0.678. The lowest BCUT2D eigenvalue weighted by Crippen LogP contribution is -2.29. The molecule has 13 heavy (non-hydrogen) atoms. The van der Waals surface area contributed by atoms with Crippen LogP contribution in [-0.4, -0.2) is 19.4 Å². The third-order valence-corrected chi connectivity index (χ3v) is 2.16.